The second-order valence-corrected chi connectivity index (χ2v) is 5.29. The minimum atomic E-state index is -0.491. The quantitative estimate of drug-likeness (QED) is 0.620. The summed E-state index contributed by atoms with van der Waals surface area (Å²) in [5.74, 6) is 0.173. The molecule has 7 heteroatoms. The fraction of sp³-hybridized carbons (Fsp3) is 0.500. The predicted octanol–water partition coefficient (Wildman–Crippen LogP) is 1.44. The molecule has 0 spiro atoms. The normalized spacial score (nSPS) is 15.0. The van der Waals surface area contributed by atoms with Crippen LogP contribution in [0.15, 0.2) is 12.1 Å². The van der Waals surface area contributed by atoms with Gasteiger partial charge < -0.3 is 9.64 Å². The smallest absolute Gasteiger partial charge is 0.313 e. The van der Waals surface area contributed by atoms with Gasteiger partial charge in [-0.1, -0.05) is 0 Å². The van der Waals surface area contributed by atoms with Gasteiger partial charge in [-0.25, -0.2) is 0 Å². The predicted molar refractivity (Wildman–Crippen MR) is 78.9 cm³/mol. The Morgan fingerprint density at radius 3 is 2.67 bits per heavy atom. The Bertz CT molecular complexity index is 586. The van der Waals surface area contributed by atoms with Crippen LogP contribution in [0.3, 0.4) is 0 Å². The lowest BCUT2D eigenvalue weighted by atomic mass is 10.1. The molecule has 1 aliphatic heterocycles. The third-order valence-corrected chi connectivity index (χ3v) is 3.87. The van der Waals surface area contributed by atoms with Gasteiger partial charge in [-0.2, -0.15) is 0 Å². The minimum absolute atomic E-state index is 0.0572. The highest BCUT2D eigenvalue weighted by Gasteiger charge is 2.32. The fourth-order valence-electron chi connectivity index (χ4n) is 2.39. The number of hydrogen-bond acceptors (Lipinski definition) is 5. The van der Waals surface area contributed by atoms with Gasteiger partial charge in [0.1, 0.15) is 0 Å². The van der Waals surface area contributed by atoms with Gasteiger partial charge in [-0.15, -0.1) is 0 Å². The molecule has 7 nitrogen and oxygen atoms in total. The lowest BCUT2D eigenvalue weighted by molar-refractivity contribution is -0.385. The number of fused-ring (bicyclic) bond motifs is 1. The molecule has 0 fully saturated rings. The highest BCUT2D eigenvalue weighted by molar-refractivity contribution is 5.99. The third kappa shape index (κ3) is 2.69. The number of hydrogen-bond donors (Lipinski definition) is 0. The van der Waals surface area contributed by atoms with Crippen molar-refractivity contribution in [2.24, 2.45) is 0 Å². The highest BCUT2D eigenvalue weighted by Crippen LogP contribution is 2.38. The maximum absolute atomic E-state index is 12.5. The number of likely N-dealkylation sites (N-methyl/N-ethyl adjacent to an activating group) is 1. The number of methoxy groups -OCH3 is 1. The molecule has 0 aliphatic carbocycles. The molecule has 21 heavy (non-hydrogen) atoms. The zero-order chi connectivity index (χ0) is 15.7. The molecule has 0 bridgehead atoms. The first kappa shape index (κ1) is 15.2. The van der Waals surface area contributed by atoms with E-state index in [4.69, 9.17) is 4.74 Å². The van der Waals surface area contributed by atoms with Gasteiger partial charge in [-0.05, 0) is 39.1 Å². The average Bonchev–Trinajstić information content (AvgIpc) is 2.86. The van der Waals surface area contributed by atoms with Crippen molar-refractivity contribution < 1.29 is 14.5 Å². The van der Waals surface area contributed by atoms with Crippen LogP contribution in [-0.4, -0.2) is 49.5 Å². The van der Waals surface area contributed by atoms with E-state index in [1.165, 1.54) is 13.2 Å². The Labute approximate surface area is 123 Å². The van der Waals surface area contributed by atoms with Crippen LogP contribution in [0.1, 0.15) is 12.5 Å². The summed E-state index contributed by atoms with van der Waals surface area (Å²) in [5.41, 5.74) is 1.39. The molecule has 0 N–H and O–H groups in total. The first-order chi connectivity index (χ1) is 9.86. The van der Waals surface area contributed by atoms with E-state index in [-0.39, 0.29) is 23.4 Å². The van der Waals surface area contributed by atoms with E-state index in [9.17, 15) is 14.9 Å². The Kier molecular flexibility index (Phi) is 4.13. The van der Waals surface area contributed by atoms with E-state index < -0.39 is 4.92 Å². The summed E-state index contributed by atoms with van der Waals surface area (Å²) >= 11 is 0. The standard InChI is InChI=1S/C14H19N3O4/c1-9(15(2)3)14(18)16-6-5-10-7-13(21-4)12(17(19)20)8-11(10)16/h7-9H,5-6H2,1-4H3. The van der Waals surface area contributed by atoms with Gasteiger partial charge in [0.15, 0.2) is 5.75 Å². The van der Waals surface area contributed by atoms with Crippen molar-refractivity contribution in [3.63, 3.8) is 0 Å². The van der Waals surface area contributed by atoms with Crippen molar-refractivity contribution in [1.29, 1.82) is 0 Å². The lowest BCUT2D eigenvalue weighted by Crippen LogP contribution is -2.43. The number of anilines is 1. The van der Waals surface area contributed by atoms with Crippen LogP contribution in [0.4, 0.5) is 11.4 Å². The Morgan fingerprint density at radius 2 is 2.14 bits per heavy atom. The van der Waals surface area contributed by atoms with E-state index in [0.29, 0.717) is 18.7 Å². The summed E-state index contributed by atoms with van der Waals surface area (Å²) in [7, 11) is 5.06. The van der Waals surface area contributed by atoms with Crippen LogP contribution >= 0.6 is 0 Å². The Hall–Kier alpha value is -2.15. The first-order valence-corrected chi connectivity index (χ1v) is 6.70. The van der Waals surface area contributed by atoms with Crippen molar-refractivity contribution in [2.45, 2.75) is 19.4 Å². The molecule has 1 atom stereocenters. The Balaban J connectivity index is 2.42. The van der Waals surface area contributed by atoms with Gasteiger partial charge >= 0.3 is 5.69 Å². The number of benzene rings is 1. The van der Waals surface area contributed by atoms with Gasteiger partial charge in [0.25, 0.3) is 0 Å². The average molecular weight is 293 g/mol. The van der Waals surface area contributed by atoms with Crippen LogP contribution in [0.25, 0.3) is 0 Å². The molecule has 0 radical (unpaired) electrons. The molecule has 114 valence electrons. The van der Waals surface area contributed by atoms with Gasteiger partial charge in [0, 0.05) is 12.6 Å². The molecule has 1 unspecified atom stereocenters. The molecule has 0 saturated carbocycles. The second-order valence-electron chi connectivity index (χ2n) is 5.29. The highest BCUT2D eigenvalue weighted by atomic mass is 16.6. The molecule has 1 amide bonds. The molecular formula is C14H19N3O4. The summed E-state index contributed by atoms with van der Waals surface area (Å²) < 4.78 is 5.06. The van der Waals surface area contributed by atoms with Crippen molar-refractivity contribution >= 4 is 17.3 Å². The Morgan fingerprint density at radius 1 is 1.48 bits per heavy atom. The molecular weight excluding hydrogens is 274 g/mol. The summed E-state index contributed by atoms with van der Waals surface area (Å²) in [6.07, 6.45) is 0.676. The van der Waals surface area contributed by atoms with E-state index >= 15 is 0 Å². The van der Waals surface area contributed by atoms with Crippen molar-refractivity contribution in [2.75, 3.05) is 32.6 Å². The number of carbonyl (C=O) groups excluding carboxylic acids is 1. The third-order valence-electron chi connectivity index (χ3n) is 3.87. The molecule has 0 saturated heterocycles. The van der Waals surface area contributed by atoms with E-state index in [1.54, 1.807) is 11.0 Å². The number of carbonyl (C=O) groups is 1. The number of ether oxygens (including phenoxy) is 1. The summed E-state index contributed by atoms with van der Waals surface area (Å²) in [4.78, 5) is 26.5. The van der Waals surface area contributed by atoms with Crippen LogP contribution in [0, 0.1) is 10.1 Å². The molecule has 1 aromatic rings. The van der Waals surface area contributed by atoms with Crippen LogP contribution in [-0.2, 0) is 11.2 Å². The summed E-state index contributed by atoms with van der Waals surface area (Å²) in [5, 5.41) is 11.1. The van der Waals surface area contributed by atoms with E-state index in [0.717, 1.165) is 5.56 Å². The van der Waals surface area contributed by atoms with Crippen LogP contribution in [0.5, 0.6) is 5.75 Å². The first-order valence-electron chi connectivity index (χ1n) is 6.70. The van der Waals surface area contributed by atoms with Crippen LogP contribution < -0.4 is 9.64 Å². The van der Waals surface area contributed by atoms with Gasteiger partial charge in [0.2, 0.25) is 5.91 Å². The van der Waals surface area contributed by atoms with E-state index in [1.807, 2.05) is 25.9 Å². The second kappa shape index (κ2) is 5.69. The van der Waals surface area contributed by atoms with Gasteiger partial charge in [0.05, 0.1) is 23.8 Å². The zero-order valence-corrected chi connectivity index (χ0v) is 12.6. The monoisotopic (exact) mass is 293 g/mol. The van der Waals surface area contributed by atoms with Gasteiger partial charge in [-0.3, -0.25) is 19.8 Å². The topological polar surface area (TPSA) is 75.9 Å². The van der Waals surface area contributed by atoms with Crippen molar-refractivity contribution in [1.82, 2.24) is 4.90 Å². The molecule has 1 aromatic carbocycles. The molecule has 2 rings (SSSR count). The molecule has 1 aliphatic rings. The fourth-order valence-corrected chi connectivity index (χ4v) is 2.39. The number of nitrogens with zero attached hydrogens (tertiary/aromatic N) is 3. The number of nitro groups is 1. The molecule has 0 aromatic heterocycles. The summed E-state index contributed by atoms with van der Waals surface area (Å²) in [6.45, 7) is 2.36. The zero-order valence-electron chi connectivity index (χ0n) is 12.6. The maximum Gasteiger partial charge on any atom is 0.313 e. The SMILES string of the molecule is COc1cc2c(cc1[N+](=O)[O-])N(C(=O)C(C)N(C)C)CC2. The number of amides is 1. The number of nitro benzene ring substituents is 1. The van der Waals surface area contributed by atoms with Crippen molar-refractivity contribution in [3.05, 3.63) is 27.8 Å². The minimum Gasteiger partial charge on any atom is -0.490 e. The van der Waals surface area contributed by atoms with Crippen LogP contribution in [0.2, 0.25) is 0 Å². The number of rotatable bonds is 4. The largest absolute Gasteiger partial charge is 0.490 e. The lowest BCUT2D eigenvalue weighted by Gasteiger charge is -2.25. The molecule has 1 heterocycles. The van der Waals surface area contributed by atoms with Crippen molar-refractivity contribution in [3.8, 4) is 5.75 Å². The maximum atomic E-state index is 12.5. The summed E-state index contributed by atoms with van der Waals surface area (Å²) in [6, 6.07) is 2.81. The van der Waals surface area contributed by atoms with E-state index in [2.05, 4.69) is 0 Å².